The molecule has 0 spiro atoms. The van der Waals surface area contributed by atoms with Gasteiger partial charge in [0, 0.05) is 31.2 Å². The first kappa shape index (κ1) is 21.2. The van der Waals surface area contributed by atoms with Crippen LogP contribution in [0.2, 0.25) is 5.02 Å². The molecule has 2 aliphatic heterocycles. The molecule has 6 nitrogen and oxygen atoms in total. The highest BCUT2D eigenvalue weighted by Crippen LogP contribution is 2.32. The number of hydrogen-bond donors (Lipinski definition) is 0. The SMILES string of the molecule is COc1ccc(Cl)cc1S(=O)(=O)N1CCC[C@@H](C(=O)N2CCc3ccccc3C2)C1. The Hall–Kier alpha value is -2.09. The van der Waals surface area contributed by atoms with Crippen molar-refractivity contribution in [3.63, 3.8) is 0 Å². The van der Waals surface area contributed by atoms with Crippen LogP contribution < -0.4 is 4.74 Å². The third kappa shape index (κ3) is 4.06. The van der Waals surface area contributed by atoms with Gasteiger partial charge in [-0.05, 0) is 48.6 Å². The number of sulfonamides is 1. The Kier molecular flexibility index (Phi) is 6.04. The zero-order valence-corrected chi connectivity index (χ0v) is 18.5. The standard InChI is InChI=1S/C22H25ClN2O4S/c1-29-20-9-8-19(23)13-21(20)30(27,28)25-11-4-7-18(15-25)22(26)24-12-10-16-5-2-3-6-17(16)14-24/h2-3,5-6,8-9,13,18H,4,7,10-12,14-15H2,1H3/t18-/m1/s1. The number of hydrogen-bond acceptors (Lipinski definition) is 4. The number of benzene rings is 2. The Bertz CT molecular complexity index is 1060. The van der Waals surface area contributed by atoms with Crippen molar-refractivity contribution in [1.82, 2.24) is 9.21 Å². The van der Waals surface area contributed by atoms with E-state index >= 15 is 0 Å². The van der Waals surface area contributed by atoms with Crippen molar-refractivity contribution in [3.8, 4) is 5.75 Å². The van der Waals surface area contributed by atoms with E-state index < -0.39 is 10.0 Å². The number of rotatable bonds is 4. The van der Waals surface area contributed by atoms with Crippen LogP contribution in [0.3, 0.4) is 0 Å². The largest absolute Gasteiger partial charge is 0.495 e. The van der Waals surface area contributed by atoms with Gasteiger partial charge in [0.2, 0.25) is 15.9 Å². The van der Waals surface area contributed by atoms with E-state index in [-0.39, 0.29) is 29.0 Å². The van der Waals surface area contributed by atoms with Gasteiger partial charge in [-0.3, -0.25) is 4.79 Å². The van der Waals surface area contributed by atoms with Gasteiger partial charge in [-0.2, -0.15) is 4.31 Å². The first-order valence-corrected chi connectivity index (χ1v) is 11.9. The molecular formula is C22H25ClN2O4S. The summed E-state index contributed by atoms with van der Waals surface area (Å²) in [5.74, 6) is -0.0630. The lowest BCUT2D eigenvalue weighted by Crippen LogP contribution is -2.47. The molecule has 160 valence electrons. The van der Waals surface area contributed by atoms with E-state index in [0.717, 1.165) is 6.42 Å². The van der Waals surface area contributed by atoms with Crippen LogP contribution in [0.25, 0.3) is 0 Å². The fourth-order valence-corrected chi connectivity index (χ4v) is 6.24. The van der Waals surface area contributed by atoms with Crippen LogP contribution in [0, 0.1) is 5.92 Å². The van der Waals surface area contributed by atoms with Crippen LogP contribution in [-0.2, 0) is 27.8 Å². The molecule has 8 heteroatoms. The maximum Gasteiger partial charge on any atom is 0.246 e. The van der Waals surface area contributed by atoms with Gasteiger partial charge >= 0.3 is 0 Å². The minimum absolute atomic E-state index is 0.0301. The average Bonchev–Trinajstić information content (AvgIpc) is 2.78. The molecule has 0 radical (unpaired) electrons. The van der Waals surface area contributed by atoms with E-state index in [1.165, 1.54) is 28.6 Å². The van der Waals surface area contributed by atoms with Crippen molar-refractivity contribution >= 4 is 27.5 Å². The Morgan fingerprint density at radius 2 is 1.90 bits per heavy atom. The average molecular weight is 449 g/mol. The second-order valence-corrected chi connectivity index (χ2v) is 10.1. The maximum atomic E-state index is 13.3. The van der Waals surface area contributed by atoms with Crippen LogP contribution in [-0.4, -0.2) is 50.3 Å². The fraction of sp³-hybridized carbons (Fsp3) is 0.409. The van der Waals surface area contributed by atoms with Gasteiger partial charge in [-0.25, -0.2) is 8.42 Å². The van der Waals surface area contributed by atoms with Crippen molar-refractivity contribution in [2.45, 2.75) is 30.7 Å². The second-order valence-electron chi connectivity index (χ2n) is 7.78. The molecule has 0 aromatic heterocycles. The molecular weight excluding hydrogens is 424 g/mol. The molecule has 0 aliphatic carbocycles. The third-order valence-electron chi connectivity index (χ3n) is 5.92. The number of carbonyl (C=O) groups is 1. The van der Waals surface area contributed by atoms with Gasteiger partial charge in [0.15, 0.2) is 0 Å². The molecule has 1 amide bonds. The second kappa shape index (κ2) is 8.57. The van der Waals surface area contributed by atoms with Crippen LogP contribution in [0.4, 0.5) is 0 Å². The van der Waals surface area contributed by atoms with E-state index in [1.807, 2.05) is 17.0 Å². The predicted octanol–water partition coefficient (Wildman–Crippen LogP) is 3.33. The first-order valence-electron chi connectivity index (χ1n) is 10.1. The lowest BCUT2D eigenvalue weighted by atomic mass is 9.95. The molecule has 2 aromatic rings. The number of piperidine rings is 1. The number of nitrogens with zero attached hydrogens (tertiary/aromatic N) is 2. The van der Waals surface area contributed by atoms with Gasteiger partial charge in [0.25, 0.3) is 0 Å². The smallest absolute Gasteiger partial charge is 0.246 e. The number of methoxy groups -OCH3 is 1. The van der Waals surface area contributed by atoms with Gasteiger partial charge in [-0.15, -0.1) is 0 Å². The normalized spacial score (nSPS) is 19.9. The van der Waals surface area contributed by atoms with Crippen molar-refractivity contribution in [2.75, 3.05) is 26.7 Å². The predicted molar refractivity (Wildman–Crippen MR) is 115 cm³/mol. The number of fused-ring (bicyclic) bond motifs is 1. The molecule has 0 bridgehead atoms. The van der Waals surface area contributed by atoms with Crippen molar-refractivity contribution < 1.29 is 17.9 Å². The fourth-order valence-electron chi connectivity index (χ4n) is 4.30. The van der Waals surface area contributed by atoms with Crippen molar-refractivity contribution in [1.29, 1.82) is 0 Å². The summed E-state index contributed by atoms with van der Waals surface area (Å²) < 4.78 is 33.2. The molecule has 1 saturated heterocycles. The topological polar surface area (TPSA) is 66.9 Å². The first-order chi connectivity index (χ1) is 14.4. The Labute approximate surface area is 182 Å². The zero-order valence-electron chi connectivity index (χ0n) is 16.9. The molecule has 0 unspecified atom stereocenters. The van der Waals surface area contributed by atoms with Crippen LogP contribution in [0.5, 0.6) is 5.75 Å². The monoisotopic (exact) mass is 448 g/mol. The minimum Gasteiger partial charge on any atom is -0.495 e. The van der Waals surface area contributed by atoms with Crippen molar-refractivity contribution in [3.05, 3.63) is 58.6 Å². The number of carbonyl (C=O) groups excluding carboxylic acids is 1. The summed E-state index contributed by atoms with van der Waals surface area (Å²) in [6, 6.07) is 12.7. The number of halogens is 1. The summed E-state index contributed by atoms with van der Waals surface area (Å²) >= 11 is 6.04. The van der Waals surface area contributed by atoms with Gasteiger partial charge in [-0.1, -0.05) is 35.9 Å². The summed E-state index contributed by atoms with van der Waals surface area (Å²) in [6.45, 7) is 1.81. The lowest BCUT2D eigenvalue weighted by Gasteiger charge is -2.36. The molecule has 1 atom stereocenters. The molecule has 2 heterocycles. The van der Waals surface area contributed by atoms with Crippen molar-refractivity contribution in [2.24, 2.45) is 5.92 Å². The summed E-state index contributed by atoms with van der Waals surface area (Å²) in [5.41, 5.74) is 2.45. The molecule has 2 aromatic carbocycles. The van der Waals surface area contributed by atoms with E-state index in [0.29, 0.717) is 37.5 Å². The van der Waals surface area contributed by atoms with Gasteiger partial charge in [0.1, 0.15) is 10.6 Å². The molecule has 0 N–H and O–H groups in total. The molecule has 1 fully saturated rings. The number of ether oxygens (including phenoxy) is 1. The minimum atomic E-state index is -3.82. The molecule has 0 saturated carbocycles. The van der Waals surface area contributed by atoms with E-state index in [1.54, 1.807) is 12.1 Å². The highest BCUT2D eigenvalue weighted by molar-refractivity contribution is 7.89. The van der Waals surface area contributed by atoms with E-state index in [4.69, 9.17) is 16.3 Å². The van der Waals surface area contributed by atoms with E-state index in [2.05, 4.69) is 12.1 Å². The van der Waals surface area contributed by atoms with Gasteiger partial charge in [0.05, 0.1) is 13.0 Å². The maximum absolute atomic E-state index is 13.3. The highest BCUT2D eigenvalue weighted by Gasteiger charge is 2.37. The van der Waals surface area contributed by atoms with Crippen LogP contribution >= 0.6 is 11.6 Å². The van der Waals surface area contributed by atoms with Gasteiger partial charge < -0.3 is 9.64 Å². The third-order valence-corrected chi connectivity index (χ3v) is 8.04. The summed E-state index contributed by atoms with van der Waals surface area (Å²) in [7, 11) is -2.39. The Morgan fingerprint density at radius 1 is 1.13 bits per heavy atom. The Balaban J connectivity index is 1.52. The van der Waals surface area contributed by atoms with Crippen LogP contribution in [0.15, 0.2) is 47.4 Å². The highest BCUT2D eigenvalue weighted by atomic mass is 35.5. The Morgan fingerprint density at radius 3 is 2.67 bits per heavy atom. The molecule has 2 aliphatic rings. The summed E-state index contributed by atoms with van der Waals surface area (Å²) in [5, 5.41) is 0.325. The van der Waals surface area contributed by atoms with E-state index in [9.17, 15) is 13.2 Å². The number of amides is 1. The zero-order chi connectivity index (χ0) is 21.3. The van der Waals surface area contributed by atoms with Crippen LogP contribution in [0.1, 0.15) is 24.0 Å². The lowest BCUT2D eigenvalue weighted by molar-refractivity contribution is -0.137. The summed E-state index contributed by atoms with van der Waals surface area (Å²) in [4.78, 5) is 15.1. The molecule has 4 rings (SSSR count). The summed E-state index contributed by atoms with van der Waals surface area (Å²) in [6.07, 6.45) is 2.16. The molecule has 30 heavy (non-hydrogen) atoms. The quantitative estimate of drug-likeness (QED) is 0.719.